The molecule has 0 amide bonds. The summed E-state index contributed by atoms with van der Waals surface area (Å²) in [6, 6.07) is 0. The van der Waals surface area contributed by atoms with E-state index in [9.17, 15) is 0 Å². The Morgan fingerprint density at radius 2 is 2.47 bits per heavy atom. The molecule has 0 saturated heterocycles. The summed E-state index contributed by atoms with van der Waals surface area (Å²) in [6.07, 6.45) is 3.10. The third-order valence-electron chi connectivity index (χ3n) is 2.81. The van der Waals surface area contributed by atoms with Crippen LogP contribution in [0.1, 0.15) is 30.9 Å². The quantitative estimate of drug-likeness (QED) is 0.723. The number of ether oxygens (including phenoxy) is 1. The summed E-state index contributed by atoms with van der Waals surface area (Å²) in [5, 5.41) is 3.21. The predicted octanol–water partition coefficient (Wildman–Crippen LogP) is 1.53. The minimum Gasteiger partial charge on any atom is -0.444 e. The molecule has 1 heterocycles. The summed E-state index contributed by atoms with van der Waals surface area (Å²) in [4.78, 5) is 4.24. The van der Waals surface area contributed by atoms with Crippen LogP contribution in [0.3, 0.4) is 0 Å². The molecule has 1 aromatic heterocycles. The standard InChI is InChI=1S/C11H18N2O2/c1-8-5-9(8)10-6-13-11(15-10)7-12-3-4-14-2/h6,8-9,12H,3-5,7H2,1-2H3. The summed E-state index contributed by atoms with van der Waals surface area (Å²) in [5.41, 5.74) is 0. The first-order valence-electron chi connectivity index (χ1n) is 5.45. The zero-order chi connectivity index (χ0) is 10.7. The number of nitrogens with one attached hydrogen (secondary N) is 1. The second kappa shape index (κ2) is 4.77. The molecule has 1 aromatic rings. The van der Waals surface area contributed by atoms with E-state index in [0.717, 1.165) is 24.1 Å². The number of hydrogen-bond donors (Lipinski definition) is 1. The lowest BCUT2D eigenvalue weighted by atomic mass is 10.3. The van der Waals surface area contributed by atoms with Crippen LogP contribution in [0.25, 0.3) is 0 Å². The lowest BCUT2D eigenvalue weighted by Gasteiger charge is -1.99. The van der Waals surface area contributed by atoms with Gasteiger partial charge in [-0.25, -0.2) is 4.98 Å². The van der Waals surface area contributed by atoms with Crippen molar-refractivity contribution < 1.29 is 9.15 Å². The van der Waals surface area contributed by atoms with Crippen LogP contribution in [0.5, 0.6) is 0 Å². The Bertz CT molecular complexity index is 311. The fourth-order valence-electron chi connectivity index (χ4n) is 1.67. The van der Waals surface area contributed by atoms with Gasteiger partial charge in [0.2, 0.25) is 5.89 Å². The van der Waals surface area contributed by atoms with Crippen LogP contribution < -0.4 is 5.32 Å². The van der Waals surface area contributed by atoms with Crippen LogP contribution in [0.2, 0.25) is 0 Å². The molecular weight excluding hydrogens is 192 g/mol. The molecule has 15 heavy (non-hydrogen) atoms. The average molecular weight is 210 g/mol. The van der Waals surface area contributed by atoms with Gasteiger partial charge in [-0.15, -0.1) is 0 Å². The molecule has 0 spiro atoms. The SMILES string of the molecule is COCCNCc1ncc(C2CC2C)o1. The minimum atomic E-state index is 0.616. The normalized spacial score (nSPS) is 24.4. The summed E-state index contributed by atoms with van der Waals surface area (Å²) in [5.74, 6) is 3.21. The Morgan fingerprint density at radius 1 is 1.67 bits per heavy atom. The Balaban J connectivity index is 1.75. The second-order valence-corrected chi connectivity index (χ2v) is 4.15. The van der Waals surface area contributed by atoms with Crippen LogP contribution in [-0.2, 0) is 11.3 Å². The van der Waals surface area contributed by atoms with E-state index in [2.05, 4.69) is 17.2 Å². The summed E-state index contributed by atoms with van der Waals surface area (Å²) in [7, 11) is 1.69. The number of aromatic nitrogens is 1. The number of nitrogens with zero attached hydrogens (tertiary/aromatic N) is 1. The van der Waals surface area contributed by atoms with Gasteiger partial charge in [0.05, 0.1) is 19.3 Å². The highest BCUT2D eigenvalue weighted by Gasteiger charge is 2.37. The molecule has 2 unspecified atom stereocenters. The molecule has 1 saturated carbocycles. The van der Waals surface area contributed by atoms with Crippen molar-refractivity contribution in [3.05, 3.63) is 17.8 Å². The molecule has 4 nitrogen and oxygen atoms in total. The number of rotatable bonds is 6. The Morgan fingerprint density at radius 3 is 3.13 bits per heavy atom. The first-order valence-corrected chi connectivity index (χ1v) is 5.45. The first-order chi connectivity index (χ1) is 7.31. The van der Waals surface area contributed by atoms with Gasteiger partial charge in [0.15, 0.2) is 0 Å². The van der Waals surface area contributed by atoms with Crippen molar-refractivity contribution in [1.82, 2.24) is 10.3 Å². The maximum Gasteiger partial charge on any atom is 0.208 e. The third-order valence-corrected chi connectivity index (χ3v) is 2.81. The van der Waals surface area contributed by atoms with Gasteiger partial charge < -0.3 is 14.5 Å². The molecule has 84 valence electrons. The molecule has 1 aliphatic rings. The number of methoxy groups -OCH3 is 1. The van der Waals surface area contributed by atoms with Crippen molar-refractivity contribution in [2.75, 3.05) is 20.3 Å². The highest BCUT2D eigenvalue weighted by molar-refractivity contribution is 5.11. The van der Waals surface area contributed by atoms with E-state index >= 15 is 0 Å². The first kappa shape index (κ1) is 10.6. The van der Waals surface area contributed by atoms with E-state index in [-0.39, 0.29) is 0 Å². The number of hydrogen-bond acceptors (Lipinski definition) is 4. The molecule has 1 fully saturated rings. The maximum absolute atomic E-state index is 5.64. The van der Waals surface area contributed by atoms with Gasteiger partial charge in [0.25, 0.3) is 0 Å². The van der Waals surface area contributed by atoms with Crippen LogP contribution >= 0.6 is 0 Å². The molecule has 2 atom stereocenters. The van der Waals surface area contributed by atoms with Crippen LogP contribution in [-0.4, -0.2) is 25.2 Å². The molecule has 2 rings (SSSR count). The van der Waals surface area contributed by atoms with Gasteiger partial charge in [-0.05, 0) is 12.3 Å². The van der Waals surface area contributed by atoms with Gasteiger partial charge in [-0.2, -0.15) is 0 Å². The summed E-state index contributed by atoms with van der Waals surface area (Å²) >= 11 is 0. The maximum atomic E-state index is 5.64. The highest BCUT2D eigenvalue weighted by Crippen LogP contribution is 2.46. The van der Waals surface area contributed by atoms with Crippen molar-refractivity contribution >= 4 is 0 Å². The Hall–Kier alpha value is -0.870. The molecule has 4 heteroatoms. The van der Waals surface area contributed by atoms with Gasteiger partial charge in [-0.3, -0.25) is 0 Å². The molecule has 0 aromatic carbocycles. The van der Waals surface area contributed by atoms with Crippen molar-refractivity contribution in [2.24, 2.45) is 5.92 Å². The van der Waals surface area contributed by atoms with Crippen molar-refractivity contribution in [2.45, 2.75) is 25.8 Å². The van der Waals surface area contributed by atoms with E-state index in [0.29, 0.717) is 19.1 Å². The van der Waals surface area contributed by atoms with Crippen LogP contribution in [0.15, 0.2) is 10.6 Å². The molecule has 0 radical (unpaired) electrons. The van der Waals surface area contributed by atoms with Gasteiger partial charge in [-0.1, -0.05) is 6.92 Å². The largest absolute Gasteiger partial charge is 0.444 e. The smallest absolute Gasteiger partial charge is 0.208 e. The zero-order valence-electron chi connectivity index (χ0n) is 9.32. The Labute approximate surface area is 90.0 Å². The Kier molecular flexibility index (Phi) is 3.38. The van der Waals surface area contributed by atoms with Crippen LogP contribution in [0.4, 0.5) is 0 Å². The van der Waals surface area contributed by atoms with E-state index < -0.39 is 0 Å². The number of oxazole rings is 1. The monoisotopic (exact) mass is 210 g/mol. The van der Waals surface area contributed by atoms with Gasteiger partial charge in [0.1, 0.15) is 5.76 Å². The fraction of sp³-hybridized carbons (Fsp3) is 0.727. The average Bonchev–Trinajstić information content (AvgIpc) is 2.80. The van der Waals surface area contributed by atoms with Gasteiger partial charge >= 0.3 is 0 Å². The lowest BCUT2D eigenvalue weighted by Crippen LogP contribution is -2.18. The second-order valence-electron chi connectivity index (χ2n) is 4.15. The van der Waals surface area contributed by atoms with Crippen molar-refractivity contribution in [1.29, 1.82) is 0 Å². The van der Waals surface area contributed by atoms with E-state index in [1.165, 1.54) is 6.42 Å². The third kappa shape index (κ3) is 2.79. The van der Waals surface area contributed by atoms with Crippen LogP contribution in [0, 0.1) is 5.92 Å². The van der Waals surface area contributed by atoms with Gasteiger partial charge in [0, 0.05) is 19.6 Å². The molecule has 0 bridgehead atoms. The molecule has 0 aliphatic heterocycles. The molecule has 1 aliphatic carbocycles. The topological polar surface area (TPSA) is 47.3 Å². The highest BCUT2D eigenvalue weighted by atomic mass is 16.5. The van der Waals surface area contributed by atoms with E-state index in [4.69, 9.17) is 9.15 Å². The minimum absolute atomic E-state index is 0.616. The summed E-state index contributed by atoms with van der Waals surface area (Å²) in [6.45, 7) is 4.47. The van der Waals surface area contributed by atoms with Crippen molar-refractivity contribution in [3.63, 3.8) is 0 Å². The van der Waals surface area contributed by atoms with Crippen molar-refractivity contribution in [3.8, 4) is 0 Å². The molecule has 1 N–H and O–H groups in total. The van der Waals surface area contributed by atoms with E-state index in [1.54, 1.807) is 7.11 Å². The predicted molar refractivity (Wildman–Crippen MR) is 56.6 cm³/mol. The summed E-state index contributed by atoms with van der Waals surface area (Å²) < 4.78 is 10.6. The fourth-order valence-corrected chi connectivity index (χ4v) is 1.67. The lowest BCUT2D eigenvalue weighted by molar-refractivity contribution is 0.198. The van der Waals surface area contributed by atoms with E-state index in [1.807, 2.05) is 6.20 Å². The molecular formula is C11H18N2O2. The zero-order valence-corrected chi connectivity index (χ0v) is 9.32.